The minimum absolute atomic E-state index is 0.00361. The van der Waals surface area contributed by atoms with Crippen molar-refractivity contribution in [1.29, 1.82) is 0 Å². The fourth-order valence-electron chi connectivity index (χ4n) is 3.07. The van der Waals surface area contributed by atoms with E-state index in [0.29, 0.717) is 12.8 Å². The molecule has 1 unspecified atom stereocenters. The number of hydrogen-bond acceptors (Lipinski definition) is 2. The van der Waals surface area contributed by atoms with E-state index >= 15 is 0 Å². The summed E-state index contributed by atoms with van der Waals surface area (Å²) in [6, 6.07) is 0. The Morgan fingerprint density at radius 3 is 2.93 bits per heavy atom. The van der Waals surface area contributed by atoms with Crippen LogP contribution in [0.5, 0.6) is 0 Å². The minimum atomic E-state index is -0.753. The van der Waals surface area contributed by atoms with Crippen molar-refractivity contribution in [1.82, 2.24) is 0 Å². The number of carbonyl (C=O) groups is 2. The number of hydrogen-bond donors (Lipinski definition) is 1. The first-order chi connectivity index (χ1) is 7.15. The number of allylic oxidation sites excluding steroid dienone is 1. The Kier molecular flexibility index (Phi) is 2.63. The largest absolute Gasteiger partial charge is 0.481 e. The van der Waals surface area contributed by atoms with Gasteiger partial charge < -0.3 is 5.11 Å². The van der Waals surface area contributed by atoms with Gasteiger partial charge in [-0.05, 0) is 25.2 Å². The zero-order chi connectivity index (χ0) is 11.0. The molecule has 2 saturated carbocycles. The summed E-state index contributed by atoms with van der Waals surface area (Å²) in [6.45, 7) is 2.00. The average Bonchev–Trinajstić information content (AvgIpc) is 2.67. The lowest BCUT2D eigenvalue weighted by Crippen LogP contribution is -2.20. The Balaban J connectivity index is 2.28. The van der Waals surface area contributed by atoms with Gasteiger partial charge in [0.1, 0.15) is 5.78 Å². The van der Waals surface area contributed by atoms with E-state index in [1.165, 1.54) is 0 Å². The molecule has 0 aromatic carbocycles. The van der Waals surface area contributed by atoms with Crippen LogP contribution in [0.1, 0.15) is 32.6 Å². The number of rotatable bonds is 2. The van der Waals surface area contributed by atoms with Crippen LogP contribution in [0.15, 0.2) is 11.6 Å². The Bertz CT molecular complexity index is 330. The van der Waals surface area contributed by atoms with E-state index in [9.17, 15) is 14.7 Å². The molecule has 3 heteroatoms. The Morgan fingerprint density at radius 2 is 2.33 bits per heavy atom. The molecule has 0 spiro atoms. The van der Waals surface area contributed by atoms with Crippen LogP contribution in [0, 0.1) is 17.8 Å². The summed E-state index contributed by atoms with van der Waals surface area (Å²) in [5, 5.41) is 9.19. The van der Waals surface area contributed by atoms with Crippen LogP contribution in [-0.4, -0.2) is 16.9 Å². The molecule has 0 aromatic rings. The molecule has 2 aliphatic carbocycles. The lowest BCUT2D eigenvalue weighted by Gasteiger charge is -2.13. The second-order valence-corrected chi connectivity index (χ2v) is 4.48. The summed E-state index contributed by atoms with van der Waals surface area (Å²) in [6.07, 6.45) is 4.88. The van der Waals surface area contributed by atoms with Crippen molar-refractivity contribution in [2.24, 2.45) is 17.8 Å². The number of aliphatic carboxylic acids is 1. The minimum Gasteiger partial charge on any atom is -0.481 e. The van der Waals surface area contributed by atoms with E-state index in [0.717, 1.165) is 18.4 Å². The smallest absolute Gasteiger partial charge is 0.310 e. The molecule has 82 valence electrons. The summed E-state index contributed by atoms with van der Waals surface area (Å²) in [7, 11) is 0. The van der Waals surface area contributed by atoms with E-state index < -0.39 is 5.97 Å². The van der Waals surface area contributed by atoms with Gasteiger partial charge in [0.05, 0.1) is 5.92 Å². The highest BCUT2D eigenvalue weighted by Gasteiger charge is 2.49. The molecule has 0 bridgehead atoms. The number of carboxylic acid groups (broad SMARTS) is 1. The van der Waals surface area contributed by atoms with Crippen LogP contribution in [0.2, 0.25) is 0 Å². The Hall–Kier alpha value is -1.12. The highest BCUT2D eigenvalue weighted by atomic mass is 16.4. The summed E-state index contributed by atoms with van der Waals surface area (Å²) in [5.41, 5.74) is 0.980. The highest BCUT2D eigenvalue weighted by Crippen LogP contribution is 2.48. The third-order valence-electron chi connectivity index (χ3n) is 3.67. The topological polar surface area (TPSA) is 54.4 Å². The van der Waals surface area contributed by atoms with Gasteiger partial charge in [-0.15, -0.1) is 0 Å². The van der Waals surface area contributed by atoms with Crippen LogP contribution < -0.4 is 0 Å². The zero-order valence-electron chi connectivity index (χ0n) is 8.90. The molecular weight excluding hydrogens is 192 g/mol. The molecule has 3 atom stereocenters. The molecule has 2 fully saturated rings. The van der Waals surface area contributed by atoms with E-state index in [1.54, 1.807) is 0 Å². The second kappa shape index (κ2) is 3.80. The van der Waals surface area contributed by atoms with Crippen molar-refractivity contribution in [3.63, 3.8) is 0 Å². The van der Waals surface area contributed by atoms with Gasteiger partial charge in [-0.2, -0.15) is 0 Å². The first-order valence-corrected chi connectivity index (χ1v) is 5.59. The van der Waals surface area contributed by atoms with Crippen LogP contribution in [-0.2, 0) is 9.59 Å². The van der Waals surface area contributed by atoms with E-state index in [4.69, 9.17) is 0 Å². The summed E-state index contributed by atoms with van der Waals surface area (Å²) in [4.78, 5) is 22.7. The molecule has 2 aliphatic rings. The van der Waals surface area contributed by atoms with Gasteiger partial charge in [0, 0.05) is 12.3 Å². The zero-order valence-corrected chi connectivity index (χ0v) is 8.90. The summed E-state index contributed by atoms with van der Waals surface area (Å²) >= 11 is 0. The molecule has 15 heavy (non-hydrogen) atoms. The SMILES string of the molecule is CC/C=C1\C[C@@H]2C(=O)CC[C@@H]2C1C(=O)O. The van der Waals surface area contributed by atoms with Crippen molar-refractivity contribution in [3.05, 3.63) is 11.6 Å². The third kappa shape index (κ3) is 1.60. The maximum Gasteiger partial charge on any atom is 0.310 e. The molecule has 0 radical (unpaired) electrons. The fourth-order valence-corrected chi connectivity index (χ4v) is 3.07. The van der Waals surface area contributed by atoms with E-state index in [-0.39, 0.29) is 23.5 Å². The van der Waals surface area contributed by atoms with Gasteiger partial charge in [-0.25, -0.2) is 0 Å². The molecule has 0 heterocycles. The maximum atomic E-state index is 11.6. The number of Topliss-reactive ketones (excluding diaryl/α,β-unsaturated/α-hetero) is 1. The molecule has 0 aliphatic heterocycles. The molecule has 0 saturated heterocycles. The quantitative estimate of drug-likeness (QED) is 0.706. The summed E-state index contributed by atoms with van der Waals surface area (Å²) < 4.78 is 0. The van der Waals surface area contributed by atoms with Crippen molar-refractivity contribution >= 4 is 11.8 Å². The standard InChI is InChI=1S/C12H16O3/c1-2-3-7-6-9-8(4-5-10(9)13)11(7)12(14)15/h3,8-9,11H,2,4-6H2,1H3,(H,14,15)/b7-3+/t8-,9-,11?/m0/s1. The molecule has 0 aromatic heterocycles. The normalized spacial score (nSPS) is 37.3. The molecule has 2 rings (SSSR count). The molecular formula is C12H16O3. The Morgan fingerprint density at radius 1 is 1.60 bits per heavy atom. The predicted molar refractivity (Wildman–Crippen MR) is 55.3 cm³/mol. The summed E-state index contributed by atoms with van der Waals surface area (Å²) in [5.74, 6) is -0.791. The van der Waals surface area contributed by atoms with Gasteiger partial charge >= 0.3 is 5.97 Å². The maximum absolute atomic E-state index is 11.6. The first-order valence-electron chi connectivity index (χ1n) is 5.59. The molecule has 0 amide bonds. The predicted octanol–water partition coefficient (Wildman–Crippen LogP) is 2.02. The van der Waals surface area contributed by atoms with Crippen LogP contribution in [0.25, 0.3) is 0 Å². The van der Waals surface area contributed by atoms with Gasteiger partial charge in [0.25, 0.3) is 0 Å². The molecule has 1 N–H and O–H groups in total. The van der Waals surface area contributed by atoms with E-state index in [2.05, 4.69) is 0 Å². The monoisotopic (exact) mass is 208 g/mol. The first kappa shape index (κ1) is 10.4. The van der Waals surface area contributed by atoms with Crippen molar-refractivity contribution in [2.45, 2.75) is 32.6 Å². The number of fused-ring (bicyclic) bond motifs is 1. The van der Waals surface area contributed by atoms with Crippen LogP contribution >= 0.6 is 0 Å². The van der Waals surface area contributed by atoms with E-state index in [1.807, 2.05) is 13.0 Å². The lowest BCUT2D eigenvalue weighted by atomic mass is 9.90. The van der Waals surface area contributed by atoms with Gasteiger partial charge in [0.2, 0.25) is 0 Å². The number of ketones is 1. The second-order valence-electron chi connectivity index (χ2n) is 4.48. The number of carbonyl (C=O) groups excluding carboxylic acids is 1. The van der Waals surface area contributed by atoms with Crippen molar-refractivity contribution in [2.75, 3.05) is 0 Å². The Labute approximate surface area is 89.2 Å². The fraction of sp³-hybridized carbons (Fsp3) is 0.667. The molecule has 3 nitrogen and oxygen atoms in total. The van der Waals surface area contributed by atoms with Gasteiger partial charge in [0.15, 0.2) is 0 Å². The van der Waals surface area contributed by atoms with Gasteiger partial charge in [-0.1, -0.05) is 18.6 Å². The van der Waals surface area contributed by atoms with Crippen molar-refractivity contribution in [3.8, 4) is 0 Å². The lowest BCUT2D eigenvalue weighted by molar-refractivity contribution is -0.141. The average molecular weight is 208 g/mol. The van der Waals surface area contributed by atoms with Crippen LogP contribution in [0.4, 0.5) is 0 Å². The van der Waals surface area contributed by atoms with Crippen LogP contribution in [0.3, 0.4) is 0 Å². The number of carboxylic acids is 1. The third-order valence-corrected chi connectivity index (χ3v) is 3.67. The van der Waals surface area contributed by atoms with Crippen molar-refractivity contribution < 1.29 is 14.7 Å². The highest BCUT2D eigenvalue weighted by molar-refractivity contribution is 5.87. The van der Waals surface area contributed by atoms with Gasteiger partial charge in [-0.3, -0.25) is 9.59 Å².